The maximum Gasteiger partial charge on any atom is 0.351 e. The average molecular weight is 284 g/mol. The van der Waals surface area contributed by atoms with Crippen LogP contribution in [0.15, 0.2) is 11.0 Å². The minimum atomic E-state index is -1.82. The van der Waals surface area contributed by atoms with Crippen molar-refractivity contribution in [3.63, 3.8) is 0 Å². The van der Waals surface area contributed by atoms with Gasteiger partial charge in [0.05, 0.1) is 12.8 Å². The molecule has 0 saturated carbocycles. The van der Waals surface area contributed by atoms with Crippen molar-refractivity contribution in [2.45, 2.75) is 24.0 Å². The third-order valence-corrected chi connectivity index (χ3v) is 3.17. The molecule has 8 nitrogen and oxygen atoms in total. The quantitative estimate of drug-likeness (QED) is 0.442. The molecule has 1 aromatic rings. The standard InChI is InChI=1S/C11H13FN4O4/c1-2-11(14)7(18)6(4-17)20-9(11)16-3-5(12)8(13)15-10(16)19/h1,3,6-7,9,17-18H,4,14H2,(H2,13,15,19)/t6?,7-,9?,11?/m0/s1. The van der Waals surface area contributed by atoms with Gasteiger partial charge in [0.25, 0.3) is 0 Å². The van der Waals surface area contributed by atoms with Gasteiger partial charge in [-0.05, 0) is 0 Å². The second-order valence-electron chi connectivity index (χ2n) is 4.40. The molecule has 2 heterocycles. The van der Waals surface area contributed by atoms with Crippen LogP contribution in [-0.4, -0.2) is 44.1 Å². The first-order valence-corrected chi connectivity index (χ1v) is 5.60. The molecule has 1 aliphatic rings. The maximum absolute atomic E-state index is 13.4. The van der Waals surface area contributed by atoms with Crippen LogP contribution >= 0.6 is 0 Å². The Morgan fingerprint density at radius 2 is 2.35 bits per heavy atom. The van der Waals surface area contributed by atoms with E-state index in [9.17, 15) is 14.3 Å². The molecule has 0 aromatic carbocycles. The van der Waals surface area contributed by atoms with Gasteiger partial charge in [-0.3, -0.25) is 4.57 Å². The number of hydrogen-bond donors (Lipinski definition) is 4. The fourth-order valence-electron chi connectivity index (χ4n) is 2.03. The Bertz CT molecular complexity index is 628. The molecule has 1 aliphatic heterocycles. The average Bonchev–Trinajstić information content (AvgIpc) is 2.67. The zero-order valence-corrected chi connectivity index (χ0v) is 10.2. The number of aliphatic hydroxyl groups is 2. The minimum Gasteiger partial charge on any atom is -0.394 e. The lowest BCUT2D eigenvalue weighted by molar-refractivity contribution is -0.0479. The molecular weight excluding hydrogens is 271 g/mol. The Morgan fingerprint density at radius 3 is 2.90 bits per heavy atom. The molecular formula is C11H13FN4O4. The number of aliphatic hydroxyl groups excluding tert-OH is 2. The third-order valence-electron chi connectivity index (χ3n) is 3.17. The summed E-state index contributed by atoms with van der Waals surface area (Å²) in [5.74, 6) is 0.574. The Labute approximate surface area is 112 Å². The number of ether oxygens (including phenoxy) is 1. The summed E-state index contributed by atoms with van der Waals surface area (Å²) in [6.45, 7) is -0.571. The van der Waals surface area contributed by atoms with E-state index in [1.807, 2.05) is 0 Å². The van der Waals surface area contributed by atoms with Crippen molar-refractivity contribution in [2.75, 3.05) is 12.3 Å². The number of rotatable bonds is 2. The number of hydrogen-bond acceptors (Lipinski definition) is 7. The van der Waals surface area contributed by atoms with Gasteiger partial charge in [-0.25, -0.2) is 9.18 Å². The summed E-state index contributed by atoms with van der Waals surface area (Å²) in [6, 6.07) is 0. The van der Waals surface area contributed by atoms with E-state index in [4.69, 9.17) is 27.7 Å². The predicted molar refractivity (Wildman–Crippen MR) is 65.6 cm³/mol. The van der Waals surface area contributed by atoms with Crippen molar-refractivity contribution in [2.24, 2.45) is 5.73 Å². The van der Waals surface area contributed by atoms with E-state index in [1.165, 1.54) is 0 Å². The lowest BCUT2D eigenvalue weighted by Gasteiger charge is -2.27. The van der Waals surface area contributed by atoms with Gasteiger partial charge in [0.15, 0.2) is 23.4 Å². The molecule has 3 unspecified atom stereocenters. The van der Waals surface area contributed by atoms with Gasteiger partial charge in [-0.2, -0.15) is 4.98 Å². The summed E-state index contributed by atoms with van der Waals surface area (Å²) in [5.41, 5.74) is 8.25. The number of terminal acetylenes is 1. The molecule has 0 amide bonds. The van der Waals surface area contributed by atoms with Gasteiger partial charge < -0.3 is 26.4 Å². The molecule has 0 aliphatic carbocycles. The summed E-state index contributed by atoms with van der Waals surface area (Å²) >= 11 is 0. The van der Waals surface area contributed by atoms with Gasteiger partial charge in [0.2, 0.25) is 0 Å². The first-order chi connectivity index (χ1) is 9.35. The number of aromatic nitrogens is 2. The largest absolute Gasteiger partial charge is 0.394 e. The van der Waals surface area contributed by atoms with Crippen molar-refractivity contribution in [1.82, 2.24) is 9.55 Å². The van der Waals surface area contributed by atoms with Crippen LogP contribution in [0.2, 0.25) is 0 Å². The molecule has 1 fully saturated rings. The lowest BCUT2D eigenvalue weighted by atomic mass is 9.92. The zero-order chi connectivity index (χ0) is 15.1. The second-order valence-corrected chi connectivity index (χ2v) is 4.40. The smallest absolute Gasteiger partial charge is 0.351 e. The predicted octanol–water partition coefficient (Wildman–Crippen LogP) is -2.45. The molecule has 9 heteroatoms. The van der Waals surface area contributed by atoms with Crippen LogP contribution in [0.3, 0.4) is 0 Å². The van der Waals surface area contributed by atoms with Gasteiger partial charge >= 0.3 is 5.69 Å². The maximum atomic E-state index is 13.4. The normalized spacial score (nSPS) is 33.0. The molecule has 1 saturated heterocycles. The van der Waals surface area contributed by atoms with E-state index in [1.54, 1.807) is 0 Å². The molecule has 108 valence electrons. The van der Waals surface area contributed by atoms with Crippen LogP contribution in [0.25, 0.3) is 0 Å². The fraction of sp³-hybridized carbons (Fsp3) is 0.455. The molecule has 0 radical (unpaired) electrons. The molecule has 2 rings (SSSR count). The molecule has 6 N–H and O–H groups in total. The third kappa shape index (κ3) is 1.95. The number of nitrogens with two attached hydrogens (primary N) is 2. The summed E-state index contributed by atoms with van der Waals surface area (Å²) in [5, 5.41) is 19.0. The van der Waals surface area contributed by atoms with Crippen LogP contribution in [0.4, 0.5) is 10.2 Å². The van der Waals surface area contributed by atoms with Crippen LogP contribution in [0.5, 0.6) is 0 Å². The molecule has 1 aromatic heterocycles. The van der Waals surface area contributed by atoms with Gasteiger partial charge in [0.1, 0.15) is 12.2 Å². The first-order valence-electron chi connectivity index (χ1n) is 5.60. The monoisotopic (exact) mass is 284 g/mol. The Balaban J connectivity index is 2.55. The summed E-state index contributed by atoms with van der Waals surface area (Å²) in [6.07, 6.45) is 2.09. The SMILES string of the molecule is C#CC1(N)C(n2cc(F)c(N)nc2=O)OC(CO)[C@@H]1O. The Kier molecular flexibility index (Phi) is 3.49. The topological polar surface area (TPSA) is 137 Å². The number of anilines is 1. The lowest BCUT2D eigenvalue weighted by Crippen LogP contribution is -2.54. The van der Waals surface area contributed by atoms with E-state index < -0.39 is 47.9 Å². The fourth-order valence-corrected chi connectivity index (χ4v) is 2.03. The van der Waals surface area contributed by atoms with E-state index in [2.05, 4.69) is 10.9 Å². The highest BCUT2D eigenvalue weighted by Gasteiger charge is 2.54. The molecule has 0 spiro atoms. The van der Waals surface area contributed by atoms with Crippen LogP contribution < -0.4 is 17.2 Å². The Morgan fingerprint density at radius 1 is 1.70 bits per heavy atom. The van der Waals surface area contributed by atoms with E-state index in [-0.39, 0.29) is 0 Å². The van der Waals surface area contributed by atoms with Crippen LogP contribution in [0, 0.1) is 18.2 Å². The van der Waals surface area contributed by atoms with Crippen molar-refractivity contribution >= 4 is 5.82 Å². The molecule has 20 heavy (non-hydrogen) atoms. The number of halogens is 1. The Hall–Kier alpha value is -1.99. The first kappa shape index (κ1) is 14.4. The van der Waals surface area contributed by atoms with Crippen molar-refractivity contribution < 1.29 is 19.3 Å². The molecule has 4 atom stereocenters. The summed E-state index contributed by atoms with van der Waals surface area (Å²) in [7, 11) is 0. The second kappa shape index (κ2) is 4.84. The number of nitrogen functional groups attached to an aromatic ring is 1. The highest BCUT2D eigenvalue weighted by Crippen LogP contribution is 2.35. The van der Waals surface area contributed by atoms with Crippen molar-refractivity contribution in [3.05, 3.63) is 22.5 Å². The van der Waals surface area contributed by atoms with Gasteiger partial charge in [0, 0.05) is 0 Å². The van der Waals surface area contributed by atoms with Crippen LogP contribution in [0.1, 0.15) is 6.23 Å². The van der Waals surface area contributed by atoms with E-state index in [0.29, 0.717) is 4.57 Å². The van der Waals surface area contributed by atoms with Gasteiger partial charge in [-0.15, -0.1) is 6.42 Å². The van der Waals surface area contributed by atoms with Crippen LogP contribution in [-0.2, 0) is 4.74 Å². The highest BCUT2D eigenvalue weighted by atomic mass is 19.1. The van der Waals surface area contributed by atoms with E-state index in [0.717, 1.165) is 6.20 Å². The summed E-state index contributed by atoms with van der Waals surface area (Å²) < 4.78 is 19.4. The molecule has 0 bridgehead atoms. The minimum absolute atomic E-state index is 0.571. The van der Waals surface area contributed by atoms with Gasteiger partial charge in [-0.1, -0.05) is 5.92 Å². The highest BCUT2D eigenvalue weighted by molar-refractivity contribution is 5.28. The van der Waals surface area contributed by atoms with E-state index >= 15 is 0 Å². The summed E-state index contributed by atoms with van der Waals surface area (Å²) in [4.78, 5) is 15.0. The zero-order valence-electron chi connectivity index (χ0n) is 10.2. The van der Waals surface area contributed by atoms with Crippen molar-refractivity contribution in [3.8, 4) is 12.3 Å². The van der Waals surface area contributed by atoms with Crippen molar-refractivity contribution in [1.29, 1.82) is 0 Å². The number of nitrogens with zero attached hydrogens (tertiary/aromatic N) is 2.